The summed E-state index contributed by atoms with van der Waals surface area (Å²) in [5.74, 6) is 0. The monoisotopic (exact) mass is 255 g/mol. The zero-order valence-electron chi connectivity index (χ0n) is 9.51. The van der Waals surface area contributed by atoms with E-state index >= 15 is 0 Å². The van der Waals surface area contributed by atoms with Crippen molar-refractivity contribution >= 4 is 23.4 Å². The molecule has 6 heteroatoms. The number of piperazine rings is 1. The standard InChI is InChI=1S/C11H14ClN3O2/c1-8-7-14(4-5-15(8)11(16)17)9-2-3-13-10(12)6-9/h2-3,6,8H,4-5,7H2,1H3,(H,16,17). The average molecular weight is 256 g/mol. The summed E-state index contributed by atoms with van der Waals surface area (Å²) in [4.78, 5) is 18.4. The molecule has 0 aliphatic carbocycles. The molecule has 2 heterocycles. The van der Waals surface area contributed by atoms with Crippen LogP contribution in [0.2, 0.25) is 5.15 Å². The van der Waals surface area contributed by atoms with Gasteiger partial charge in [-0.15, -0.1) is 0 Å². The Kier molecular flexibility index (Phi) is 3.38. The number of rotatable bonds is 1. The molecule has 1 unspecified atom stereocenters. The minimum absolute atomic E-state index is 0.0202. The van der Waals surface area contributed by atoms with Crippen molar-refractivity contribution in [2.24, 2.45) is 0 Å². The highest BCUT2D eigenvalue weighted by Crippen LogP contribution is 2.21. The van der Waals surface area contributed by atoms with E-state index in [1.165, 1.54) is 4.90 Å². The number of hydrogen-bond donors (Lipinski definition) is 1. The van der Waals surface area contributed by atoms with E-state index < -0.39 is 6.09 Å². The van der Waals surface area contributed by atoms with Crippen LogP contribution in [0.25, 0.3) is 0 Å². The zero-order chi connectivity index (χ0) is 12.4. The maximum atomic E-state index is 10.9. The normalized spacial score (nSPS) is 20.5. The van der Waals surface area contributed by atoms with Crippen LogP contribution in [0.4, 0.5) is 10.5 Å². The van der Waals surface area contributed by atoms with E-state index in [-0.39, 0.29) is 6.04 Å². The van der Waals surface area contributed by atoms with Gasteiger partial charge in [0.15, 0.2) is 0 Å². The molecular formula is C11H14ClN3O2. The van der Waals surface area contributed by atoms with Gasteiger partial charge in [-0.25, -0.2) is 9.78 Å². The number of aromatic nitrogens is 1. The Labute approximate surface area is 105 Å². The molecule has 1 aromatic rings. The molecule has 0 saturated carbocycles. The Hall–Kier alpha value is -1.49. The minimum atomic E-state index is -0.857. The molecule has 1 aromatic heterocycles. The van der Waals surface area contributed by atoms with E-state index in [0.717, 1.165) is 5.69 Å². The van der Waals surface area contributed by atoms with Crippen molar-refractivity contribution in [1.29, 1.82) is 0 Å². The second-order valence-electron chi connectivity index (χ2n) is 4.11. The summed E-state index contributed by atoms with van der Waals surface area (Å²) in [6.07, 6.45) is 0.802. The number of carbonyl (C=O) groups is 1. The molecule has 17 heavy (non-hydrogen) atoms. The predicted molar refractivity (Wildman–Crippen MR) is 65.7 cm³/mol. The Balaban J connectivity index is 2.09. The van der Waals surface area contributed by atoms with Crippen LogP contribution in [-0.2, 0) is 0 Å². The lowest BCUT2D eigenvalue weighted by Crippen LogP contribution is -2.53. The molecule has 1 aliphatic rings. The molecule has 92 valence electrons. The summed E-state index contributed by atoms with van der Waals surface area (Å²) in [7, 11) is 0. The second-order valence-corrected chi connectivity index (χ2v) is 4.50. The molecule has 5 nitrogen and oxygen atoms in total. The van der Waals surface area contributed by atoms with Gasteiger partial charge in [0.2, 0.25) is 0 Å². The fourth-order valence-corrected chi connectivity index (χ4v) is 2.23. The maximum Gasteiger partial charge on any atom is 0.407 e. The Morgan fingerprint density at radius 1 is 1.59 bits per heavy atom. The van der Waals surface area contributed by atoms with Crippen LogP contribution in [0.15, 0.2) is 18.3 Å². The number of anilines is 1. The summed E-state index contributed by atoms with van der Waals surface area (Å²) >= 11 is 5.84. The molecule has 1 atom stereocenters. The number of pyridine rings is 1. The van der Waals surface area contributed by atoms with Crippen LogP contribution in [0, 0.1) is 0 Å². The summed E-state index contributed by atoms with van der Waals surface area (Å²) in [6.45, 7) is 3.77. The highest BCUT2D eigenvalue weighted by Gasteiger charge is 2.27. The second kappa shape index (κ2) is 4.79. The van der Waals surface area contributed by atoms with E-state index in [0.29, 0.717) is 24.8 Å². The summed E-state index contributed by atoms with van der Waals surface area (Å²) in [5.41, 5.74) is 0.988. The first kappa shape index (κ1) is 12.0. The lowest BCUT2D eigenvalue weighted by molar-refractivity contribution is 0.122. The molecule has 1 N–H and O–H groups in total. The minimum Gasteiger partial charge on any atom is -0.465 e. The van der Waals surface area contributed by atoms with Crippen LogP contribution in [0.5, 0.6) is 0 Å². The fourth-order valence-electron chi connectivity index (χ4n) is 2.07. The Morgan fingerprint density at radius 3 is 2.94 bits per heavy atom. The lowest BCUT2D eigenvalue weighted by Gasteiger charge is -2.39. The van der Waals surface area contributed by atoms with Crippen molar-refractivity contribution in [3.63, 3.8) is 0 Å². The van der Waals surface area contributed by atoms with Gasteiger partial charge in [0.05, 0.1) is 0 Å². The zero-order valence-corrected chi connectivity index (χ0v) is 10.3. The fraction of sp³-hybridized carbons (Fsp3) is 0.455. The average Bonchev–Trinajstić information content (AvgIpc) is 2.28. The van der Waals surface area contributed by atoms with Crippen LogP contribution < -0.4 is 4.90 Å². The van der Waals surface area contributed by atoms with Gasteiger partial charge in [0, 0.05) is 37.6 Å². The van der Waals surface area contributed by atoms with Gasteiger partial charge < -0.3 is 14.9 Å². The molecule has 0 spiro atoms. The third kappa shape index (κ3) is 2.61. The lowest BCUT2D eigenvalue weighted by atomic mass is 10.2. The van der Waals surface area contributed by atoms with Crippen molar-refractivity contribution in [1.82, 2.24) is 9.88 Å². The highest BCUT2D eigenvalue weighted by molar-refractivity contribution is 6.29. The first-order valence-corrected chi connectivity index (χ1v) is 5.82. The molecule has 0 radical (unpaired) electrons. The Bertz CT molecular complexity index is 427. The van der Waals surface area contributed by atoms with Gasteiger partial charge in [-0.3, -0.25) is 0 Å². The number of halogens is 1. The van der Waals surface area contributed by atoms with Crippen LogP contribution in [0.1, 0.15) is 6.92 Å². The van der Waals surface area contributed by atoms with Crippen molar-refractivity contribution in [3.8, 4) is 0 Å². The summed E-state index contributed by atoms with van der Waals surface area (Å²) in [5, 5.41) is 9.44. The van der Waals surface area contributed by atoms with Gasteiger partial charge in [-0.2, -0.15) is 0 Å². The third-order valence-electron chi connectivity index (χ3n) is 2.95. The molecule has 1 saturated heterocycles. The van der Waals surface area contributed by atoms with Gasteiger partial charge in [-0.05, 0) is 19.1 Å². The van der Waals surface area contributed by atoms with Crippen LogP contribution >= 0.6 is 11.6 Å². The smallest absolute Gasteiger partial charge is 0.407 e. The molecular weight excluding hydrogens is 242 g/mol. The molecule has 2 rings (SSSR count). The van der Waals surface area contributed by atoms with Gasteiger partial charge in [0.25, 0.3) is 0 Å². The first-order valence-electron chi connectivity index (χ1n) is 5.44. The van der Waals surface area contributed by atoms with Crippen LogP contribution in [-0.4, -0.2) is 46.8 Å². The van der Waals surface area contributed by atoms with E-state index in [1.807, 2.05) is 13.0 Å². The van der Waals surface area contributed by atoms with Crippen molar-refractivity contribution in [2.45, 2.75) is 13.0 Å². The highest BCUT2D eigenvalue weighted by atomic mass is 35.5. The van der Waals surface area contributed by atoms with E-state index in [4.69, 9.17) is 16.7 Å². The van der Waals surface area contributed by atoms with E-state index in [9.17, 15) is 4.79 Å². The third-order valence-corrected chi connectivity index (χ3v) is 3.16. The van der Waals surface area contributed by atoms with Gasteiger partial charge >= 0.3 is 6.09 Å². The molecule has 0 bridgehead atoms. The maximum absolute atomic E-state index is 10.9. The Morgan fingerprint density at radius 2 is 2.35 bits per heavy atom. The number of amides is 1. The van der Waals surface area contributed by atoms with Gasteiger partial charge in [-0.1, -0.05) is 11.6 Å². The summed E-state index contributed by atoms with van der Waals surface area (Å²) in [6, 6.07) is 3.66. The SMILES string of the molecule is CC1CN(c2ccnc(Cl)c2)CCN1C(=O)O. The number of nitrogens with zero attached hydrogens (tertiary/aromatic N) is 3. The number of hydrogen-bond acceptors (Lipinski definition) is 3. The summed E-state index contributed by atoms with van der Waals surface area (Å²) < 4.78 is 0. The predicted octanol–water partition coefficient (Wildman–Crippen LogP) is 1.92. The molecule has 1 amide bonds. The van der Waals surface area contributed by atoms with Crippen LogP contribution in [0.3, 0.4) is 0 Å². The first-order chi connectivity index (χ1) is 8.08. The molecule has 1 aliphatic heterocycles. The number of carboxylic acid groups (broad SMARTS) is 1. The van der Waals surface area contributed by atoms with Crippen molar-refractivity contribution < 1.29 is 9.90 Å². The molecule has 1 fully saturated rings. The topological polar surface area (TPSA) is 56.7 Å². The van der Waals surface area contributed by atoms with Gasteiger partial charge in [0.1, 0.15) is 5.15 Å². The molecule has 0 aromatic carbocycles. The largest absolute Gasteiger partial charge is 0.465 e. The quantitative estimate of drug-likeness (QED) is 0.779. The van der Waals surface area contributed by atoms with Crippen molar-refractivity contribution in [3.05, 3.63) is 23.5 Å². The van der Waals surface area contributed by atoms with E-state index in [2.05, 4.69) is 9.88 Å². The van der Waals surface area contributed by atoms with Crippen molar-refractivity contribution in [2.75, 3.05) is 24.5 Å². The van der Waals surface area contributed by atoms with E-state index in [1.54, 1.807) is 12.3 Å².